The second kappa shape index (κ2) is 7.62. The van der Waals surface area contributed by atoms with E-state index in [0.717, 1.165) is 6.42 Å². The molecule has 0 unspecified atom stereocenters. The van der Waals surface area contributed by atoms with Gasteiger partial charge in [-0.15, -0.1) is 0 Å². The summed E-state index contributed by atoms with van der Waals surface area (Å²) in [6.07, 6.45) is 0.788. The van der Waals surface area contributed by atoms with E-state index in [1.54, 1.807) is 24.3 Å². The van der Waals surface area contributed by atoms with Gasteiger partial charge >= 0.3 is 11.7 Å². The number of ether oxygens (including phenoxy) is 1. The Morgan fingerprint density at radius 1 is 1.35 bits per heavy atom. The number of amides is 1. The molecule has 1 heterocycles. The van der Waals surface area contributed by atoms with Crippen LogP contribution in [0.1, 0.15) is 26.7 Å². The molecule has 0 spiro atoms. The van der Waals surface area contributed by atoms with E-state index in [1.165, 1.54) is 4.57 Å². The van der Waals surface area contributed by atoms with E-state index in [-0.39, 0.29) is 31.5 Å². The minimum absolute atomic E-state index is 0.0138. The molecule has 1 N–H and O–H groups in total. The molecule has 7 heteroatoms. The molecule has 0 saturated carbocycles. The quantitative estimate of drug-likeness (QED) is 0.780. The zero-order valence-corrected chi connectivity index (χ0v) is 13.2. The second-order valence-electron chi connectivity index (χ2n) is 5.27. The van der Waals surface area contributed by atoms with Crippen LogP contribution >= 0.6 is 0 Å². The minimum Gasteiger partial charge on any atom is -0.456 e. The molecule has 7 nitrogen and oxygen atoms in total. The summed E-state index contributed by atoms with van der Waals surface area (Å²) in [6.45, 7) is 3.64. The molecule has 0 radical (unpaired) electrons. The number of benzene rings is 1. The Labute approximate surface area is 133 Å². The van der Waals surface area contributed by atoms with Gasteiger partial charge in [0.25, 0.3) is 5.91 Å². The zero-order valence-electron chi connectivity index (χ0n) is 13.2. The lowest BCUT2D eigenvalue weighted by molar-refractivity contribution is -0.148. The van der Waals surface area contributed by atoms with E-state index in [0.29, 0.717) is 11.1 Å². The number of esters is 1. The number of hydrogen-bond donors (Lipinski definition) is 1. The van der Waals surface area contributed by atoms with Gasteiger partial charge in [0, 0.05) is 12.6 Å². The van der Waals surface area contributed by atoms with Crippen LogP contribution < -0.4 is 11.1 Å². The van der Waals surface area contributed by atoms with Crippen LogP contribution in [0.5, 0.6) is 0 Å². The van der Waals surface area contributed by atoms with Gasteiger partial charge in [-0.1, -0.05) is 19.1 Å². The molecule has 1 aromatic heterocycles. The predicted molar refractivity (Wildman–Crippen MR) is 83.9 cm³/mol. The van der Waals surface area contributed by atoms with Gasteiger partial charge in [0.2, 0.25) is 0 Å². The predicted octanol–water partition coefficient (Wildman–Crippen LogP) is 1.44. The van der Waals surface area contributed by atoms with E-state index in [1.807, 2.05) is 13.8 Å². The van der Waals surface area contributed by atoms with Gasteiger partial charge in [-0.2, -0.15) is 0 Å². The van der Waals surface area contributed by atoms with Crippen LogP contribution in [0.4, 0.5) is 0 Å². The van der Waals surface area contributed by atoms with Crippen molar-refractivity contribution in [3.63, 3.8) is 0 Å². The summed E-state index contributed by atoms with van der Waals surface area (Å²) < 4.78 is 11.4. The normalized spacial score (nSPS) is 12.1. The molecule has 0 fully saturated rings. The van der Waals surface area contributed by atoms with Crippen LogP contribution in [0.25, 0.3) is 11.1 Å². The fraction of sp³-hybridized carbons (Fsp3) is 0.438. The fourth-order valence-electron chi connectivity index (χ4n) is 2.07. The summed E-state index contributed by atoms with van der Waals surface area (Å²) in [6, 6.07) is 7.01. The summed E-state index contributed by atoms with van der Waals surface area (Å²) in [7, 11) is 0. The smallest absolute Gasteiger partial charge is 0.419 e. The lowest BCUT2D eigenvalue weighted by atomic mass is 10.2. The molecule has 1 aromatic carbocycles. The van der Waals surface area contributed by atoms with Gasteiger partial charge in [-0.3, -0.25) is 14.2 Å². The molecular formula is C16H20N2O5. The van der Waals surface area contributed by atoms with E-state index in [4.69, 9.17) is 9.15 Å². The number of nitrogens with one attached hydrogen (secondary N) is 1. The molecule has 0 aliphatic carbocycles. The number of oxazole rings is 1. The summed E-state index contributed by atoms with van der Waals surface area (Å²) >= 11 is 0. The number of aromatic nitrogens is 1. The van der Waals surface area contributed by atoms with Crippen LogP contribution in [0.15, 0.2) is 33.5 Å². The standard InChI is InChI=1S/C16H20N2O5/c1-3-11(2)17-14(19)10-22-15(20)8-9-18-12-6-4-5-7-13(12)23-16(18)21/h4-7,11H,3,8-10H2,1-2H3,(H,17,19)/t11-/m1/s1. The molecule has 23 heavy (non-hydrogen) atoms. The SMILES string of the molecule is CC[C@@H](C)NC(=O)COC(=O)CCn1c(=O)oc2ccccc21. The van der Waals surface area contributed by atoms with Crippen LogP contribution in [-0.4, -0.2) is 29.1 Å². The maximum absolute atomic E-state index is 11.8. The van der Waals surface area contributed by atoms with Crippen molar-refractivity contribution in [3.8, 4) is 0 Å². The van der Waals surface area contributed by atoms with Gasteiger partial charge in [0.15, 0.2) is 12.2 Å². The minimum atomic E-state index is -0.540. The monoisotopic (exact) mass is 320 g/mol. The fourth-order valence-corrected chi connectivity index (χ4v) is 2.07. The highest BCUT2D eigenvalue weighted by Crippen LogP contribution is 2.12. The molecule has 124 valence electrons. The Bertz CT molecular complexity index is 746. The molecule has 0 bridgehead atoms. The maximum atomic E-state index is 11.8. The number of fused-ring (bicyclic) bond motifs is 1. The van der Waals surface area contributed by atoms with Crippen molar-refractivity contribution >= 4 is 23.0 Å². The molecule has 1 atom stereocenters. The lowest BCUT2D eigenvalue weighted by Gasteiger charge is -2.11. The number of nitrogens with zero attached hydrogens (tertiary/aromatic N) is 1. The average molecular weight is 320 g/mol. The first kappa shape index (κ1) is 16.8. The first-order valence-corrected chi connectivity index (χ1v) is 7.54. The van der Waals surface area contributed by atoms with Gasteiger partial charge < -0.3 is 14.5 Å². The van der Waals surface area contributed by atoms with Crippen LogP contribution in [0.2, 0.25) is 0 Å². The molecule has 1 amide bonds. The number of carbonyl (C=O) groups excluding carboxylic acids is 2. The molecule has 0 aliphatic rings. The Morgan fingerprint density at radius 2 is 2.09 bits per heavy atom. The Kier molecular flexibility index (Phi) is 5.56. The molecule has 0 aliphatic heterocycles. The van der Waals surface area contributed by atoms with Crippen molar-refractivity contribution in [2.75, 3.05) is 6.61 Å². The largest absolute Gasteiger partial charge is 0.456 e. The van der Waals surface area contributed by atoms with E-state index < -0.39 is 11.7 Å². The average Bonchev–Trinajstić information content (AvgIpc) is 2.86. The molecule has 2 aromatic rings. The Morgan fingerprint density at radius 3 is 2.83 bits per heavy atom. The number of aryl methyl sites for hydroxylation is 1. The Balaban J connectivity index is 1.86. The first-order chi connectivity index (χ1) is 11.0. The highest BCUT2D eigenvalue weighted by molar-refractivity contribution is 5.80. The van der Waals surface area contributed by atoms with Gasteiger partial charge in [0.05, 0.1) is 11.9 Å². The molecule has 0 saturated heterocycles. The highest BCUT2D eigenvalue weighted by atomic mass is 16.5. The topological polar surface area (TPSA) is 90.5 Å². The van der Waals surface area contributed by atoms with Crippen molar-refractivity contribution < 1.29 is 18.7 Å². The van der Waals surface area contributed by atoms with Gasteiger partial charge in [-0.05, 0) is 25.5 Å². The lowest BCUT2D eigenvalue weighted by Crippen LogP contribution is -2.35. The maximum Gasteiger partial charge on any atom is 0.419 e. The summed E-state index contributed by atoms with van der Waals surface area (Å²) in [5.74, 6) is -1.39. The molecular weight excluding hydrogens is 300 g/mol. The molecule has 2 rings (SSSR count). The highest BCUT2D eigenvalue weighted by Gasteiger charge is 2.12. The number of hydrogen-bond acceptors (Lipinski definition) is 5. The van der Waals surface area contributed by atoms with E-state index in [2.05, 4.69) is 5.32 Å². The number of rotatable bonds is 7. The second-order valence-corrected chi connectivity index (χ2v) is 5.27. The summed E-state index contributed by atoms with van der Waals surface area (Å²) in [5, 5.41) is 2.70. The zero-order chi connectivity index (χ0) is 16.8. The van der Waals surface area contributed by atoms with Crippen molar-refractivity contribution in [3.05, 3.63) is 34.8 Å². The van der Waals surface area contributed by atoms with Crippen molar-refractivity contribution in [2.45, 2.75) is 39.3 Å². The first-order valence-electron chi connectivity index (χ1n) is 7.54. The van der Waals surface area contributed by atoms with Crippen LogP contribution in [-0.2, 0) is 20.9 Å². The Hall–Kier alpha value is -2.57. The van der Waals surface area contributed by atoms with E-state index in [9.17, 15) is 14.4 Å². The van der Waals surface area contributed by atoms with Crippen molar-refractivity contribution in [1.29, 1.82) is 0 Å². The van der Waals surface area contributed by atoms with Crippen molar-refractivity contribution in [2.24, 2.45) is 0 Å². The number of para-hydroxylation sites is 2. The van der Waals surface area contributed by atoms with E-state index >= 15 is 0 Å². The third-order valence-electron chi connectivity index (χ3n) is 3.50. The third-order valence-corrected chi connectivity index (χ3v) is 3.50. The third kappa shape index (κ3) is 4.45. The van der Waals surface area contributed by atoms with Crippen LogP contribution in [0.3, 0.4) is 0 Å². The van der Waals surface area contributed by atoms with Gasteiger partial charge in [0.1, 0.15) is 0 Å². The summed E-state index contributed by atoms with van der Waals surface area (Å²) in [4.78, 5) is 35.0. The number of carbonyl (C=O) groups is 2. The summed E-state index contributed by atoms with van der Waals surface area (Å²) in [5.41, 5.74) is 1.10. The van der Waals surface area contributed by atoms with Crippen molar-refractivity contribution in [1.82, 2.24) is 9.88 Å². The van der Waals surface area contributed by atoms with Crippen LogP contribution in [0, 0.1) is 0 Å². The van der Waals surface area contributed by atoms with Gasteiger partial charge in [-0.25, -0.2) is 4.79 Å².